The van der Waals surface area contributed by atoms with Crippen molar-refractivity contribution in [1.82, 2.24) is 30.4 Å². The lowest BCUT2D eigenvalue weighted by Crippen LogP contribution is -2.51. The van der Waals surface area contributed by atoms with Gasteiger partial charge in [-0.2, -0.15) is 0 Å². The van der Waals surface area contributed by atoms with Gasteiger partial charge in [-0.25, -0.2) is 4.68 Å². The van der Waals surface area contributed by atoms with Crippen molar-refractivity contribution in [3.8, 4) is 5.69 Å². The zero-order valence-corrected chi connectivity index (χ0v) is 18.0. The molecule has 1 aromatic carbocycles. The number of tetrazole rings is 1. The molecule has 5 rings (SSSR count). The molecule has 2 saturated carbocycles. The Morgan fingerprint density at radius 2 is 2.19 bits per heavy atom. The number of benzene rings is 1. The maximum Gasteiger partial charge on any atom is 0.252 e. The lowest BCUT2D eigenvalue weighted by atomic mass is 9.99. The van der Waals surface area contributed by atoms with E-state index in [1.54, 1.807) is 23.1 Å². The highest BCUT2D eigenvalue weighted by Gasteiger charge is 2.57. The first-order valence-electron chi connectivity index (χ1n) is 10.6. The second-order valence-corrected chi connectivity index (χ2v) is 9.81. The number of halogens is 1. The lowest BCUT2D eigenvalue weighted by molar-refractivity contribution is -0.147. The molecule has 2 N–H and O–H groups in total. The molecule has 0 bridgehead atoms. The van der Waals surface area contributed by atoms with E-state index < -0.39 is 12.1 Å². The number of carbonyl (C=O) groups excluding carboxylic acids is 2. The molecule has 1 saturated heterocycles. The van der Waals surface area contributed by atoms with Gasteiger partial charge < -0.3 is 15.3 Å². The maximum absolute atomic E-state index is 13.1. The van der Waals surface area contributed by atoms with E-state index in [1.807, 2.05) is 0 Å². The number of hydrogen-bond donors (Lipinski definition) is 2. The van der Waals surface area contributed by atoms with Crippen molar-refractivity contribution in [1.29, 1.82) is 0 Å². The first-order valence-corrected chi connectivity index (χ1v) is 11.0. The monoisotopic (exact) mass is 444 g/mol. The number of piperidine rings is 1. The minimum absolute atomic E-state index is 0.0642. The third-order valence-electron chi connectivity index (χ3n) is 6.87. The number of nitrogens with zero attached hydrogens (tertiary/aromatic N) is 5. The Morgan fingerprint density at radius 3 is 2.90 bits per heavy atom. The third kappa shape index (κ3) is 4.04. The van der Waals surface area contributed by atoms with Gasteiger partial charge in [0.15, 0.2) is 0 Å². The van der Waals surface area contributed by atoms with Crippen LogP contribution in [0.15, 0.2) is 24.5 Å². The quantitative estimate of drug-likeness (QED) is 0.666. The Hall–Kier alpha value is -2.52. The fraction of sp³-hybridized carbons (Fsp3) is 0.571. The Kier molecular flexibility index (Phi) is 4.97. The number of likely N-dealkylation sites (tertiary alicyclic amines) is 1. The molecular formula is C21H25ClN6O3. The van der Waals surface area contributed by atoms with E-state index in [4.69, 9.17) is 11.6 Å². The van der Waals surface area contributed by atoms with Crippen LogP contribution in [-0.2, 0) is 16.1 Å². The summed E-state index contributed by atoms with van der Waals surface area (Å²) in [5.41, 5.74) is 1.54. The smallest absolute Gasteiger partial charge is 0.252 e. The molecule has 1 aromatic heterocycles. The highest BCUT2D eigenvalue weighted by atomic mass is 35.5. The fourth-order valence-corrected chi connectivity index (χ4v) is 4.86. The van der Waals surface area contributed by atoms with E-state index in [0.717, 1.165) is 24.8 Å². The Bertz CT molecular complexity index is 1010. The third-order valence-corrected chi connectivity index (χ3v) is 7.10. The number of hydrogen-bond acceptors (Lipinski definition) is 6. The van der Waals surface area contributed by atoms with Crippen molar-refractivity contribution in [2.75, 3.05) is 6.54 Å². The van der Waals surface area contributed by atoms with E-state index in [9.17, 15) is 14.7 Å². The topological polar surface area (TPSA) is 113 Å². The van der Waals surface area contributed by atoms with Crippen LogP contribution < -0.4 is 5.32 Å². The van der Waals surface area contributed by atoms with Crippen LogP contribution in [0, 0.1) is 17.3 Å². The summed E-state index contributed by atoms with van der Waals surface area (Å²) < 4.78 is 1.51. The molecule has 0 spiro atoms. The zero-order valence-electron chi connectivity index (χ0n) is 17.2. The molecule has 0 unspecified atom stereocenters. The van der Waals surface area contributed by atoms with Crippen LogP contribution in [0.2, 0.25) is 5.02 Å². The summed E-state index contributed by atoms with van der Waals surface area (Å²) in [5.74, 6) is 0.000748. The van der Waals surface area contributed by atoms with Crippen LogP contribution in [0.25, 0.3) is 5.69 Å². The summed E-state index contributed by atoms with van der Waals surface area (Å²) in [6, 6.07) is 4.75. The number of fused-ring (bicyclic) bond motifs is 1. The number of aliphatic hydroxyl groups excluding tert-OH is 1. The first-order chi connectivity index (χ1) is 14.8. The van der Waals surface area contributed by atoms with Crippen LogP contribution in [0.1, 0.15) is 38.2 Å². The van der Waals surface area contributed by atoms with Crippen LogP contribution in [0.3, 0.4) is 0 Å². The molecule has 31 heavy (non-hydrogen) atoms. The second kappa shape index (κ2) is 7.56. The Balaban J connectivity index is 1.28. The average molecular weight is 445 g/mol. The Labute approximate surface area is 184 Å². The van der Waals surface area contributed by atoms with Crippen molar-refractivity contribution < 1.29 is 14.7 Å². The molecule has 9 nitrogen and oxygen atoms in total. The number of aromatic nitrogens is 4. The number of nitrogens with one attached hydrogen (secondary N) is 1. The van der Waals surface area contributed by atoms with E-state index in [1.165, 1.54) is 11.0 Å². The molecule has 3 aliphatic rings. The largest absolute Gasteiger partial charge is 0.383 e. The first kappa shape index (κ1) is 20.4. The number of amides is 2. The molecule has 2 amide bonds. The van der Waals surface area contributed by atoms with Gasteiger partial charge in [0.2, 0.25) is 5.91 Å². The van der Waals surface area contributed by atoms with E-state index in [2.05, 4.69) is 27.8 Å². The van der Waals surface area contributed by atoms with Crippen molar-refractivity contribution in [3.05, 3.63) is 35.1 Å². The average Bonchev–Trinajstić information content (AvgIpc) is 3.54. The molecule has 2 aliphatic carbocycles. The van der Waals surface area contributed by atoms with Gasteiger partial charge in [0.25, 0.3) is 5.91 Å². The van der Waals surface area contributed by atoms with E-state index >= 15 is 0 Å². The van der Waals surface area contributed by atoms with Gasteiger partial charge in [-0.3, -0.25) is 9.59 Å². The minimum Gasteiger partial charge on any atom is -0.383 e. The van der Waals surface area contributed by atoms with Gasteiger partial charge in [-0.05, 0) is 77.1 Å². The van der Waals surface area contributed by atoms with Gasteiger partial charge in [0.1, 0.15) is 18.5 Å². The second-order valence-electron chi connectivity index (χ2n) is 9.37. The summed E-state index contributed by atoms with van der Waals surface area (Å²) in [7, 11) is 0. The number of aliphatic hydroxyl groups is 1. The van der Waals surface area contributed by atoms with Crippen LogP contribution in [0.4, 0.5) is 0 Å². The summed E-state index contributed by atoms with van der Waals surface area (Å²) in [6.07, 6.45) is 3.92. The molecule has 164 valence electrons. The highest BCUT2D eigenvalue weighted by molar-refractivity contribution is 6.30. The van der Waals surface area contributed by atoms with Crippen molar-refractivity contribution in [2.24, 2.45) is 17.3 Å². The van der Waals surface area contributed by atoms with E-state index in [-0.39, 0.29) is 29.7 Å². The molecule has 2 aromatic rings. The van der Waals surface area contributed by atoms with Crippen LogP contribution in [0.5, 0.6) is 0 Å². The summed E-state index contributed by atoms with van der Waals surface area (Å²) in [5, 5.41) is 25.2. The summed E-state index contributed by atoms with van der Waals surface area (Å²) in [4.78, 5) is 27.6. The van der Waals surface area contributed by atoms with Gasteiger partial charge in [0.05, 0.1) is 5.69 Å². The minimum atomic E-state index is -1.04. The number of rotatable bonds is 7. The van der Waals surface area contributed by atoms with Gasteiger partial charge in [-0.1, -0.05) is 18.5 Å². The molecule has 10 heteroatoms. The van der Waals surface area contributed by atoms with E-state index in [0.29, 0.717) is 29.6 Å². The van der Waals surface area contributed by atoms with Crippen molar-refractivity contribution in [2.45, 2.75) is 51.3 Å². The van der Waals surface area contributed by atoms with Gasteiger partial charge >= 0.3 is 0 Å². The normalized spacial score (nSPS) is 26.3. The van der Waals surface area contributed by atoms with Gasteiger partial charge in [-0.15, -0.1) is 5.10 Å². The molecular weight excluding hydrogens is 420 g/mol. The SMILES string of the molecule is CC1(C[C@@H](O)C(=O)N2C[C@@H]3C[C@@H]3[C@H]2C(=O)NCc2cc(Cl)ccc2-n2cnnn2)CC1. The highest BCUT2D eigenvalue weighted by Crippen LogP contribution is 2.51. The van der Waals surface area contributed by atoms with Crippen molar-refractivity contribution >= 4 is 23.4 Å². The maximum atomic E-state index is 13.1. The predicted octanol–water partition coefficient (Wildman–Crippen LogP) is 1.33. The van der Waals surface area contributed by atoms with Crippen LogP contribution in [-0.4, -0.2) is 60.7 Å². The molecule has 0 radical (unpaired) electrons. The predicted molar refractivity (Wildman–Crippen MR) is 111 cm³/mol. The summed E-state index contributed by atoms with van der Waals surface area (Å²) >= 11 is 6.15. The standard InChI is InChI=1S/C21H25ClN6O3/c1-21(4-5-21)8-17(29)20(31)27-10-13-7-15(13)18(27)19(30)23-9-12-6-14(22)2-3-16(12)28-11-24-25-26-28/h2-3,6,11,13,15,17-18,29H,4-5,7-10H2,1H3,(H,23,30)/t13-,15-,17+,18-/m0/s1. The summed E-state index contributed by atoms with van der Waals surface area (Å²) in [6.45, 7) is 2.86. The zero-order chi connectivity index (χ0) is 21.8. The molecule has 2 heterocycles. The number of carbonyl (C=O) groups is 2. The van der Waals surface area contributed by atoms with Crippen LogP contribution >= 0.6 is 11.6 Å². The molecule has 1 aliphatic heterocycles. The molecule has 3 fully saturated rings. The van der Waals surface area contributed by atoms with Crippen molar-refractivity contribution in [3.63, 3.8) is 0 Å². The molecule has 4 atom stereocenters. The van der Waals surface area contributed by atoms with Gasteiger partial charge in [0, 0.05) is 18.1 Å². The Morgan fingerprint density at radius 1 is 1.39 bits per heavy atom. The lowest BCUT2D eigenvalue weighted by Gasteiger charge is -2.29. The fourth-order valence-electron chi connectivity index (χ4n) is 4.67.